The van der Waals surface area contributed by atoms with Gasteiger partial charge in [0.05, 0.1) is 5.69 Å². The number of hydrogen-bond donors (Lipinski definition) is 1. The first kappa shape index (κ1) is 16.2. The number of nitrogens with zero attached hydrogens (tertiary/aromatic N) is 3. The summed E-state index contributed by atoms with van der Waals surface area (Å²) in [5.41, 5.74) is 0.762. The zero-order valence-electron chi connectivity index (χ0n) is 13.5. The topological polar surface area (TPSA) is 65.5 Å². The number of anilines is 2. The summed E-state index contributed by atoms with van der Waals surface area (Å²) in [6.45, 7) is 5.21. The van der Waals surface area contributed by atoms with Crippen LogP contribution in [0.1, 0.15) is 19.8 Å². The molecule has 1 aromatic rings. The normalized spacial score (nSPS) is 25.3. The molecule has 7 heteroatoms. The smallest absolute Gasteiger partial charge is 0.321 e. The van der Waals surface area contributed by atoms with Gasteiger partial charge in [0.2, 0.25) is 0 Å². The number of rotatable bonds is 2. The maximum absolute atomic E-state index is 12.6. The highest BCUT2D eigenvalue weighted by molar-refractivity contribution is 7.85. The Labute approximate surface area is 139 Å². The molecule has 0 bridgehead atoms. The summed E-state index contributed by atoms with van der Waals surface area (Å²) in [5, 5.41) is 3.00. The number of carbonyl (C=O) groups is 1. The molecule has 2 amide bonds. The molecular formula is C16H24N4O2S. The van der Waals surface area contributed by atoms with E-state index in [1.807, 2.05) is 19.1 Å². The molecule has 2 aliphatic rings. The molecule has 3 rings (SSSR count). The van der Waals surface area contributed by atoms with Crippen molar-refractivity contribution in [2.45, 2.75) is 19.8 Å². The van der Waals surface area contributed by atoms with E-state index < -0.39 is 10.8 Å². The van der Waals surface area contributed by atoms with E-state index >= 15 is 0 Å². The first-order valence-corrected chi connectivity index (χ1v) is 9.73. The highest BCUT2D eigenvalue weighted by Crippen LogP contribution is 2.26. The third-order valence-electron chi connectivity index (χ3n) is 4.31. The Balaban J connectivity index is 1.71. The first-order chi connectivity index (χ1) is 11.1. The van der Waals surface area contributed by atoms with Crippen molar-refractivity contribution < 1.29 is 9.00 Å². The van der Waals surface area contributed by atoms with Gasteiger partial charge in [-0.3, -0.25) is 4.21 Å². The van der Waals surface area contributed by atoms with Crippen molar-refractivity contribution in [3.05, 3.63) is 18.3 Å². The van der Waals surface area contributed by atoms with E-state index in [1.165, 1.54) is 12.8 Å². The van der Waals surface area contributed by atoms with Crippen LogP contribution < -0.4 is 10.2 Å². The van der Waals surface area contributed by atoms with Gasteiger partial charge in [0, 0.05) is 54.7 Å². The summed E-state index contributed by atoms with van der Waals surface area (Å²) in [7, 11) is -0.820. The van der Waals surface area contributed by atoms with Gasteiger partial charge in [-0.2, -0.15) is 0 Å². The van der Waals surface area contributed by atoms with E-state index in [-0.39, 0.29) is 11.9 Å². The Kier molecular flexibility index (Phi) is 5.15. The summed E-state index contributed by atoms with van der Waals surface area (Å²) in [4.78, 5) is 21.0. The van der Waals surface area contributed by atoms with Crippen LogP contribution in [0.2, 0.25) is 0 Å². The lowest BCUT2D eigenvalue weighted by atomic mass is 10.2. The molecule has 0 radical (unpaired) electrons. The Morgan fingerprint density at radius 3 is 2.91 bits per heavy atom. The number of hydrogen-bond acceptors (Lipinski definition) is 4. The van der Waals surface area contributed by atoms with E-state index in [4.69, 9.17) is 0 Å². The molecule has 1 N–H and O–H groups in total. The molecular weight excluding hydrogens is 312 g/mol. The van der Waals surface area contributed by atoms with Gasteiger partial charge in [-0.15, -0.1) is 0 Å². The number of pyridine rings is 1. The fraction of sp³-hybridized carbons (Fsp3) is 0.625. The van der Waals surface area contributed by atoms with Crippen molar-refractivity contribution in [2.75, 3.05) is 47.9 Å². The maximum atomic E-state index is 12.6. The lowest BCUT2D eigenvalue weighted by Gasteiger charge is -2.25. The van der Waals surface area contributed by atoms with Crippen molar-refractivity contribution in [3.63, 3.8) is 0 Å². The zero-order valence-corrected chi connectivity index (χ0v) is 14.3. The minimum atomic E-state index is -0.820. The van der Waals surface area contributed by atoms with Gasteiger partial charge in [0.25, 0.3) is 0 Å². The number of amides is 2. The van der Waals surface area contributed by atoms with Crippen LogP contribution in [0, 0.1) is 5.92 Å². The van der Waals surface area contributed by atoms with Crippen LogP contribution in [0.3, 0.4) is 0 Å². The van der Waals surface area contributed by atoms with Gasteiger partial charge in [-0.25, -0.2) is 9.78 Å². The standard InChI is InChI=1S/C16H24N4O2S/c1-13-11-20(9-10-23(22)12-13)16(21)18-14-5-4-6-17-15(14)19-7-2-3-8-19/h4-6,13H,2-3,7-12H2,1H3,(H,18,21). The summed E-state index contributed by atoms with van der Waals surface area (Å²) < 4.78 is 11.8. The van der Waals surface area contributed by atoms with Gasteiger partial charge in [-0.05, 0) is 30.9 Å². The van der Waals surface area contributed by atoms with Crippen LogP contribution in [0.25, 0.3) is 0 Å². The highest BCUT2D eigenvalue weighted by atomic mass is 32.2. The number of carbonyl (C=O) groups excluding carboxylic acids is 1. The number of urea groups is 1. The highest BCUT2D eigenvalue weighted by Gasteiger charge is 2.24. The van der Waals surface area contributed by atoms with Crippen molar-refractivity contribution >= 4 is 28.3 Å². The van der Waals surface area contributed by atoms with Gasteiger partial charge in [0.15, 0.2) is 5.82 Å². The average molecular weight is 336 g/mol. The molecule has 6 nitrogen and oxygen atoms in total. The first-order valence-electron chi connectivity index (χ1n) is 8.24. The van der Waals surface area contributed by atoms with Gasteiger partial charge in [-0.1, -0.05) is 6.92 Å². The quantitative estimate of drug-likeness (QED) is 0.896. The number of nitrogens with one attached hydrogen (secondary N) is 1. The molecule has 0 saturated carbocycles. The van der Waals surface area contributed by atoms with Crippen LogP contribution >= 0.6 is 0 Å². The summed E-state index contributed by atoms with van der Waals surface area (Å²) >= 11 is 0. The van der Waals surface area contributed by atoms with Gasteiger partial charge in [0.1, 0.15) is 0 Å². The zero-order chi connectivity index (χ0) is 16.2. The molecule has 23 heavy (non-hydrogen) atoms. The lowest BCUT2D eigenvalue weighted by molar-refractivity contribution is 0.210. The van der Waals surface area contributed by atoms with E-state index in [2.05, 4.69) is 15.2 Å². The SMILES string of the molecule is CC1CN(C(=O)Nc2cccnc2N2CCCC2)CCS(=O)C1. The molecule has 2 unspecified atom stereocenters. The molecule has 3 heterocycles. The third kappa shape index (κ3) is 4.02. The molecule has 0 spiro atoms. The Morgan fingerprint density at radius 2 is 2.13 bits per heavy atom. The lowest BCUT2D eigenvalue weighted by Crippen LogP contribution is -2.38. The Bertz CT molecular complexity index is 589. The second-order valence-electron chi connectivity index (χ2n) is 6.36. The molecule has 2 saturated heterocycles. The van der Waals surface area contributed by atoms with E-state index in [9.17, 15) is 9.00 Å². The number of aromatic nitrogens is 1. The van der Waals surface area contributed by atoms with Crippen molar-refractivity contribution in [2.24, 2.45) is 5.92 Å². The van der Waals surface area contributed by atoms with Crippen LogP contribution in [0.15, 0.2) is 18.3 Å². The van der Waals surface area contributed by atoms with Crippen LogP contribution in [0.4, 0.5) is 16.3 Å². The predicted molar refractivity (Wildman–Crippen MR) is 93.3 cm³/mol. The fourth-order valence-corrected chi connectivity index (χ4v) is 4.52. The van der Waals surface area contributed by atoms with Crippen LogP contribution in [0.5, 0.6) is 0 Å². The van der Waals surface area contributed by atoms with Gasteiger partial charge >= 0.3 is 6.03 Å². The largest absolute Gasteiger partial charge is 0.355 e. The molecule has 0 aliphatic carbocycles. The molecule has 126 valence electrons. The minimum absolute atomic E-state index is 0.121. The summed E-state index contributed by atoms with van der Waals surface area (Å²) in [6.07, 6.45) is 4.10. The second-order valence-corrected chi connectivity index (χ2v) is 7.98. The predicted octanol–water partition coefficient (Wildman–Crippen LogP) is 1.91. The summed E-state index contributed by atoms with van der Waals surface area (Å²) in [5.74, 6) is 2.35. The van der Waals surface area contributed by atoms with Crippen molar-refractivity contribution in [1.82, 2.24) is 9.88 Å². The average Bonchev–Trinajstić information content (AvgIpc) is 3.00. The van der Waals surface area contributed by atoms with Crippen molar-refractivity contribution in [3.8, 4) is 0 Å². The monoisotopic (exact) mass is 336 g/mol. The Morgan fingerprint density at radius 1 is 1.35 bits per heavy atom. The Hall–Kier alpha value is -1.63. The minimum Gasteiger partial charge on any atom is -0.355 e. The van der Waals surface area contributed by atoms with Crippen LogP contribution in [-0.4, -0.2) is 57.8 Å². The molecule has 0 aromatic carbocycles. The van der Waals surface area contributed by atoms with Crippen molar-refractivity contribution in [1.29, 1.82) is 0 Å². The maximum Gasteiger partial charge on any atom is 0.321 e. The molecule has 1 aromatic heterocycles. The second kappa shape index (κ2) is 7.29. The van der Waals surface area contributed by atoms with Gasteiger partial charge < -0.3 is 15.1 Å². The van der Waals surface area contributed by atoms with Crippen LogP contribution in [-0.2, 0) is 10.8 Å². The third-order valence-corrected chi connectivity index (χ3v) is 5.89. The summed E-state index contributed by atoms with van der Waals surface area (Å²) in [6, 6.07) is 3.62. The van der Waals surface area contributed by atoms with E-state index in [0.717, 1.165) is 24.6 Å². The molecule has 2 aliphatic heterocycles. The van der Waals surface area contributed by atoms with E-state index in [1.54, 1.807) is 11.1 Å². The molecule has 2 fully saturated rings. The molecule has 2 atom stereocenters. The van der Waals surface area contributed by atoms with E-state index in [0.29, 0.717) is 24.6 Å². The fourth-order valence-electron chi connectivity index (χ4n) is 3.19.